The zero-order valence-corrected chi connectivity index (χ0v) is 39.9. The number of hydrogen-bond acceptors (Lipinski definition) is 7. The molecule has 346 valence electrons. The molecule has 0 aromatic carbocycles. The Morgan fingerprint density at radius 2 is 0.793 bits per heavy atom. The van der Waals surface area contributed by atoms with Gasteiger partial charge in [0, 0.05) is 26.6 Å². The van der Waals surface area contributed by atoms with Gasteiger partial charge in [-0.1, -0.05) is 182 Å². The molecule has 2 atom stereocenters. The highest BCUT2D eigenvalue weighted by Gasteiger charge is 2.19. The molecule has 0 aromatic heterocycles. The number of carbonyl (C=O) groups is 3. The van der Waals surface area contributed by atoms with E-state index in [4.69, 9.17) is 14.2 Å². The van der Waals surface area contributed by atoms with Crippen LogP contribution in [0.5, 0.6) is 0 Å². The van der Waals surface area contributed by atoms with E-state index in [0.29, 0.717) is 19.1 Å². The van der Waals surface area contributed by atoms with Crippen molar-refractivity contribution in [3.63, 3.8) is 0 Å². The fourth-order valence-electron chi connectivity index (χ4n) is 7.67. The summed E-state index contributed by atoms with van der Waals surface area (Å²) in [5.41, 5.74) is 0. The number of ether oxygens (including phenoxy) is 3. The summed E-state index contributed by atoms with van der Waals surface area (Å²) in [6, 6.07) is 0. The second-order valence-electron chi connectivity index (χ2n) is 17.3. The van der Waals surface area contributed by atoms with Gasteiger partial charge in [0.15, 0.2) is 0 Å². The van der Waals surface area contributed by atoms with Crippen molar-refractivity contribution in [1.29, 1.82) is 0 Å². The summed E-state index contributed by atoms with van der Waals surface area (Å²) in [5.74, 6) is 0.310. The maximum Gasteiger partial charge on any atom is 0.308 e. The van der Waals surface area contributed by atoms with Gasteiger partial charge < -0.3 is 23.9 Å². The van der Waals surface area contributed by atoms with Gasteiger partial charge in [0.2, 0.25) is 0 Å². The van der Waals surface area contributed by atoms with Crippen LogP contribution in [-0.2, 0) is 28.6 Å². The van der Waals surface area contributed by atoms with E-state index in [0.717, 1.165) is 96.9 Å². The lowest BCUT2D eigenvalue weighted by Crippen LogP contribution is -2.27. The molecule has 0 spiro atoms. The van der Waals surface area contributed by atoms with Crippen molar-refractivity contribution in [1.82, 2.24) is 4.90 Å². The van der Waals surface area contributed by atoms with Crippen LogP contribution in [0.3, 0.4) is 0 Å². The maximum atomic E-state index is 12.9. The Labute approximate surface area is 362 Å². The number of nitrogens with zero attached hydrogens (tertiary/aromatic N) is 1. The number of esters is 2. The normalized spacial score (nSPS) is 12.3. The molecule has 0 radical (unpaired) electrons. The highest BCUT2D eigenvalue weighted by molar-refractivity contribution is 5.72. The Kier molecular flexibility index (Phi) is 50.4. The molecule has 0 aliphatic rings. The van der Waals surface area contributed by atoms with Gasteiger partial charge in [-0.15, -0.1) is 0 Å². The number of aldehydes is 1. The largest absolute Gasteiger partial charge is 0.466 e. The SMILES string of the molecule is CCCCCCCCC(C=O)CCCCCC.CCCCCCCCC(CCCCCC)C(=O)OCCCCCCN(CCCCCCOC)CCCCOC(C)=O. The Balaban J connectivity index is 0. The van der Waals surface area contributed by atoms with Gasteiger partial charge in [-0.3, -0.25) is 9.59 Å². The van der Waals surface area contributed by atoms with E-state index in [-0.39, 0.29) is 17.9 Å². The standard InChI is InChI=1S/C35H69NO5.C16H32O/c1-5-7-9-11-12-18-26-34(25-17-10-8-6-2)35(38)41-32-23-16-14-20-28-36(27-19-13-15-22-30-39-4)29-21-24-31-40-33(3)37;1-3-5-7-9-10-12-14-16(15-17)13-11-8-6-4-2/h34H,5-32H2,1-4H3;15-16H,3-14H2,1-2H3. The van der Waals surface area contributed by atoms with E-state index in [1.165, 1.54) is 161 Å². The summed E-state index contributed by atoms with van der Waals surface area (Å²) in [6.45, 7) is 15.7. The summed E-state index contributed by atoms with van der Waals surface area (Å²) >= 11 is 0. The highest BCUT2D eigenvalue weighted by Crippen LogP contribution is 2.21. The second kappa shape index (κ2) is 49.9. The van der Waals surface area contributed by atoms with Crippen molar-refractivity contribution >= 4 is 18.2 Å². The van der Waals surface area contributed by atoms with E-state index in [2.05, 4.69) is 32.6 Å². The predicted octanol–water partition coefficient (Wildman–Crippen LogP) is 14.8. The smallest absolute Gasteiger partial charge is 0.308 e. The Morgan fingerprint density at radius 3 is 1.24 bits per heavy atom. The molecule has 7 heteroatoms. The first-order valence-corrected chi connectivity index (χ1v) is 25.4. The van der Waals surface area contributed by atoms with Gasteiger partial charge in [0.25, 0.3) is 0 Å². The van der Waals surface area contributed by atoms with Crippen molar-refractivity contribution in [2.45, 2.75) is 253 Å². The lowest BCUT2D eigenvalue weighted by Gasteiger charge is -2.22. The third-order valence-electron chi connectivity index (χ3n) is 11.6. The minimum atomic E-state index is -0.191. The molecular formula is C51H101NO6. The molecule has 0 fully saturated rings. The maximum absolute atomic E-state index is 12.9. The molecular weight excluding hydrogens is 723 g/mol. The van der Waals surface area contributed by atoms with E-state index in [9.17, 15) is 14.4 Å². The lowest BCUT2D eigenvalue weighted by atomic mass is 9.94. The van der Waals surface area contributed by atoms with Gasteiger partial charge in [-0.25, -0.2) is 0 Å². The lowest BCUT2D eigenvalue weighted by molar-refractivity contribution is -0.149. The molecule has 0 bridgehead atoms. The second-order valence-corrected chi connectivity index (χ2v) is 17.3. The van der Waals surface area contributed by atoms with Gasteiger partial charge in [0.1, 0.15) is 6.29 Å². The first-order chi connectivity index (χ1) is 28.4. The van der Waals surface area contributed by atoms with E-state index >= 15 is 0 Å². The van der Waals surface area contributed by atoms with Gasteiger partial charge in [0.05, 0.1) is 19.1 Å². The summed E-state index contributed by atoms with van der Waals surface area (Å²) in [6.07, 6.45) is 42.3. The third-order valence-corrected chi connectivity index (χ3v) is 11.6. The Morgan fingerprint density at radius 1 is 0.448 bits per heavy atom. The average Bonchev–Trinajstić information content (AvgIpc) is 3.22. The van der Waals surface area contributed by atoms with Gasteiger partial charge in [-0.05, 0) is 83.8 Å². The topological polar surface area (TPSA) is 82.1 Å². The van der Waals surface area contributed by atoms with Crippen molar-refractivity contribution in [2.75, 3.05) is 46.6 Å². The first kappa shape index (κ1) is 58.6. The zero-order chi connectivity index (χ0) is 43.0. The minimum Gasteiger partial charge on any atom is -0.466 e. The number of unbranched alkanes of at least 4 members (excludes halogenated alkanes) is 23. The predicted molar refractivity (Wildman–Crippen MR) is 249 cm³/mol. The fourth-order valence-corrected chi connectivity index (χ4v) is 7.67. The first-order valence-electron chi connectivity index (χ1n) is 25.4. The number of methoxy groups -OCH3 is 1. The van der Waals surface area contributed by atoms with Crippen molar-refractivity contribution in [3.05, 3.63) is 0 Å². The third kappa shape index (κ3) is 45.6. The molecule has 0 saturated heterocycles. The number of carbonyl (C=O) groups excluding carboxylic acids is 3. The molecule has 0 heterocycles. The molecule has 58 heavy (non-hydrogen) atoms. The van der Waals surface area contributed by atoms with Crippen molar-refractivity contribution in [2.24, 2.45) is 11.8 Å². The molecule has 2 unspecified atom stereocenters. The van der Waals surface area contributed by atoms with Crippen LogP contribution in [-0.4, -0.2) is 69.7 Å². The summed E-state index contributed by atoms with van der Waals surface area (Å²) in [5, 5.41) is 0. The number of hydrogen-bond donors (Lipinski definition) is 0. The van der Waals surface area contributed by atoms with Crippen LogP contribution in [0.2, 0.25) is 0 Å². The van der Waals surface area contributed by atoms with Crippen LogP contribution in [0.25, 0.3) is 0 Å². The van der Waals surface area contributed by atoms with Gasteiger partial charge in [-0.2, -0.15) is 0 Å². The van der Waals surface area contributed by atoms with E-state index < -0.39 is 0 Å². The minimum absolute atomic E-state index is 0.0560. The highest BCUT2D eigenvalue weighted by atomic mass is 16.5. The molecule has 0 aliphatic heterocycles. The van der Waals surface area contributed by atoms with Gasteiger partial charge >= 0.3 is 11.9 Å². The van der Waals surface area contributed by atoms with E-state index in [1.54, 1.807) is 7.11 Å². The summed E-state index contributed by atoms with van der Waals surface area (Å²) in [4.78, 5) is 37.4. The van der Waals surface area contributed by atoms with E-state index in [1.807, 2.05) is 0 Å². The molecule has 0 saturated carbocycles. The van der Waals surface area contributed by atoms with Crippen LogP contribution in [0, 0.1) is 11.8 Å². The Bertz CT molecular complexity index is 838. The zero-order valence-electron chi connectivity index (χ0n) is 39.9. The molecule has 0 rings (SSSR count). The van der Waals surface area contributed by atoms with Crippen molar-refractivity contribution in [3.8, 4) is 0 Å². The molecule has 0 aromatic rings. The monoisotopic (exact) mass is 824 g/mol. The molecule has 0 aliphatic carbocycles. The quantitative estimate of drug-likeness (QED) is 0.0344. The molecule has 0 N–H and O–H groups in total. The summed E-state index contributed by atoms with van der Waals surface area (Å²) < 4.78 is 16.0. The fraction of sp³-hybridized carbons (Fsp3) is 0.941. The van der Waals surface area contributed by atoms with Crippen LogP contribution >= 0.6 is 0 Å². The molecule has 7 nitrogen and oxygen atoms in total. The van der Waals surface area contributed by atoms with Crippen LogP contribution in [0.4, 0.5) is 0 Å². The van der Waals surface area contributed by atoms with Crippen LogP contribution < -0.4 is 0 Å². The Hall–Kier alpha value is -1.47. The van der Waals surface area contributed by atoms with Crippen LogP contribution in [0.15, 0.2) is 0 Å². The summed E-state index contributed by atoms with van der Waals surface area (Å²) in [7, 11) is 1.77. The molecule has 0 amide bonds. The van der Waals surface area contributed by atoms with Crippen LogP contribution in [0.1, 0.15) is 253 Å². The van der Waals surface area contributed by atoms with Crippen molar-refractivity contribution < 1.29 is 28.6 Å². The number of rotatable bonds is 45. The average molecular weight is 824 g/mol.